The molecule has 0 atom stereocenters. The van der Waals surface area contributed by atoms with Crippen molar-refractivity contribution in [3.63, 3.8) is 0 Å². The topological polar surface area (TPSA) is 84.9 Å². The highest BCUT2D eigenvalue weighted by atomic mass is 32.2. The minimum Gasteiger partial charge on any atom is -0.493 e. The number of nitrogens with zero attached hydrogens (tertiary/aromatic N) is 1. The van der Waals surface area contributed by atoms with Gasteiger partial charge in [-0.25, -0.2) is 8.42 Å². The summed E-state index contributed by atoms with van der Waals surface area (Å²) in [7, 11) is -0.858. The molecule has 1 amide bonds. The summed E-state index contributed by atoms with van der Waals surface area (Å²) in [6, 6.07) is 18.8. The van der Waals surface area contributed by atoms with Crippen LogP contribution >= 0.6 is 0 Å². The molecule has 174 valence electrons. The average Bonchev–Trinajstić information content (AvgIpc) is 2.83. The number of methoxy groups -OCH3 is 2. The van der Waals surface area contributed by atoms with Gasteiger partial charge in [0.25, 0.3) is 10.0 Å². The van der Waals surface area contributed by atoms with E-state index in [-0.39, 0.29) is 18.0 Å². The number of aryl methyl sites for hydroxylation is 2. The third-order valence-electron chi connectivity index (χ3n) is 5.33. The summed E-state index contributed by atoms with van der Waals surface area (Å²) in [5, 5.41) is 2.80. The number of sulfonamides is 1. The monoisotopic (exact) mass is 468 g/mol. The lowest BCUT2D eigenvalue weighted by atomic mass is 10.1. The Morgan fingerprint density at radius 1 is 0.879 bits per heavy atom. The molecule has 3 aromatic rings. The Morgan fingerprint density at radius 2 is 1.58 bits per heavy atom. The average molecular weight is 469 g/mol. The number of rotatable bonds is 9. The molecule has 0 fully saturated rings. The molecule has 3 rings (SSSR count). The highest BCUT2D eigenvalue weighted by Gasteiger charge is 2.27. The van der Waals surface area contributed by atoms with Gasteiger partial charge in [0.2, 0.25) is 5.91 Å². The van der Waals surface area contributed by atoms with Crippen molar-refractivity contribution in [2.75, 3.05) is 25.1 Å². The molecule has 0 aromatic heterocycles. The molecular formula is C25H28N2O5S. The third kappa shape index (κ3) is 5.64. The number of hydrogen-bond donors (Lipinski definition) is 1. The number of anilines is 1. The smallest absolute Gasteiger partial charge is 0.264 e. The molecule has 0 heterocycles. The Bertz CT molecular complexity index is 1230. The second kappa shape index (κ2) is 10.4. The Morgan fingerprint density at radius 3 is 2.21 bits per heavy atom. The second-order valence-corrected chi connectivity index (χ2v) is 9.42. The first kappa shape index (κ1) is 24.1. The van der Waals surface area contributed by atoms with E-state index >= 15 is 0 Å². The quantitative estimate of drug-likeness (QED) is 0.516. The van der Waals surface area contributed by atoms with Gasteiger partial charge in [0.15, 0.2) is 11.5 Å². The summed E-state index contributed by atoms with van der Waals surface area (Å²) in [5.74, 6) is 0.706. The van der Waals surface area contributed by atoms with Gasteiger partial charge < -0.3 is 14.8 Å². The summed E-state index contributed by atoms with van der Waals surface area (Å²) >= 11 is 0. The molecule has 0 saturated heterocycles. The molecule has 0 radical (unpaired) electrons. The van der Waals surface area contributed by atoms with E-state index in [9.17, 15) is 13.2 Å². The highest BCUT2D eigenvalue weighted by molar-refractivity contribution is 7.92. The lowest BCUT2D eigenvalue weighted by Crippen LogP contribution is -2.40. The fourth-order valence-electron chi connectivity index (χ4n) is 3.29. The van der Waals surface area contributed by atoms with Crippen LogP contribution in [0.25, 0.3) is 0 Å². The first-order valence-electron chi connectivity index (χ1n) is 10.4. The Labute approximate surface area is 195 Å². The van der Waals surface area contributed by atoms with Gasteiger partial charge in [0.05, 0.1) is 24.8 Å². The standard InChI is InChI=1S/C25H28N2O5S/c1-18-10-12-21(14-19(18)2)27(33(29,30)22-8-6-5-7-9-22)17-25(28)26-16-20-11-13-23(31-3)24(15-20)32-4/h5-15H,16-17H2,1-4H3,(H,26,28). The predicted molar refractivity (Wildman–Crippen MR) is 128 cm³/mol. The van der Waals surface area contributed by atoms with Gasteiger partial charge >= 0.3 is 0 Å². The minimum absolute atomic E-state index is 0.121. The maximum atomic E-state index is 13.4. The zero-order valence-corrected chi connectivity index (χ0v) is 20.0. The summed E-state index contributed by atoms with van der Waals surface area (Å²) in [4.78, 5) is 13.0. The molecule has 0 bridgehead atoms. The molecule has 8 heteroatoms. The zero-order valence-electron chi connectivity index (χ0n) is 19.2. The molecule has 33 heavy (non-hydrogen) atoms. The van der Waals surface area contributed by atoms with Crippen LogP contribution in [0.1, 0.15) is 16.7 Å². The van der Waals surface area contributed by atoms with E-state index in [1.165, 1.54) is 19.2 Å². The van der Waals surface area contributed by atoms with E-state index in [4.69, 9.17) is 9.47 Å². The largest absolute Gasteiger partial charge is 0.493 e. The molecule has 7 nitrogen and oxygen atoms in total. The maximum Gasteiger partial charge on any atom is 0.264 e. The van der Waals surface area contributed by atoms with Crippen LogP contribution < -0.4 is 19.1 Å². The Kier molecular flexibility index (Phi) is 7.60. The van der Waals surface area contributed by atoms with E-state index in [0.29, 0.717) is 17.2 Å². The summed E-state index contributed by atoms with van der Waals surface area (Å²) in [6.07, 6.45) is 0. The van der Waals surface area contributed by atoms with E-state index in [0.717, 1.165) is 21.0 Å². The number of hydrogen-bond acceptors (Lipinski definition) is 5. The number of amides is 1. The van der Waals surface area contributed by atoms with Crippen LogP contribution in [0.4, 0.5) is 5.69 Å². The van der Waals surface area contributed by atoms with Crippen molar-refractivity contribution in [2.45, 2.75) is 25.3 Å². The van der Waals surface area contributed by atoms with Crippen molar-refractivity contribution in [3.05, 3.63) is 83.4 Å². The van der Waals surface area contributed by atoms with Crippen LogP contribution in [0.15, 0.2) is 71.6 Å². The lowest BCUT2D eigenvalue weighted by molar-refractivity contribution is -0.119. The van der Waals surface area contributed by atoms with Crippen molar-refractivity contribution in [1.29, 1.82) is 0 Å². The van der Waals surface area contributed by atoms with E-state index in [1.807, 2.05) is 26.0 Å². The molecule has 0 spiro atoms. The number of nitrogens with one attached hydrogen (secondary N) is 1. The predicted octanol–water partition coefficient (Wildman–Crippen LogP) is 3.83. The molecular weight excluding hydrogens is 440 g/mol. The maximum absolute atomic E-state index is 13.4. The van der Waals surface area contributed by atoms with Gasteiger partial charge in [-0.3, -0.25) is 9.10 Å². The van der Waals surface area contributed by atoms with E-state index in [2.05, 4.69) is 5.32 Å². The molecule has 0 aliphatic heterocycles. The zero-order chi connectivity index (χ0) is 24.0. The number of carbonyl (C=O) groups excluding carboxylic acids is 1. The van der Waals surface area contributed by atoms with Crippen LogP contribution in [-0.2, 0) is 21.4 Å². The molecule has 0 aliphatic rings. The molecule has 0 unspecified atom stereocenters. The molecule has 1 N–H and O–H groups in total. The van der Waals surface area contributed by atoms with Crippen molar-refractivity contribution >= 4 is 21.6 Å². The third-order valence-corrected chi connectivity index (χ3v) is 7.12. The molecule has 3 aromatic carbocycles. The van der Waals surface area contributed by atoms with Crippen LogP contribution in [0.2, 0.25) is 0 Å². The van der Waals surface area contributed by atoms with Crippen molar-refractivity contribution in [2.24, 2.45) is 0 Å². The number of carbonyl (C=O) groups is 1. The summed E-state index contributed by atoms with van der Waals surface area (Å²) < 4.78 is 38.5. The fourth-order valence-corrected chi connectivity index (χ4v) is 4.73. The first-order chi connectivity index (χ1) is 15.8. The van der Waals surface area contributed by atoms with Crippen LogP contribution in [0, 0.1) is 13.8 Å². The van der Waals surface area contributed by atoms with Gasteiger partial charge in [0.1, 0.15) is 6.54 Å². The Hall–Kier alpha value is -3.52. The fraction of sp³-hybridized carbons (Fsp3) is 0.240. The van der Waals surface area contributed by atoms with Gasteiger partial charge in [-0.15, -0.1) is 0 Å². The van der Waals surface area contributed by atoms with Crippen molar-refractivity contribution < 1.29 is 22.7 Å². The highest BCUT2D eigenvalue weighted by Crippen LogP contribution is 2.28. The normalized spacial score (nSPS) is 11.0. The molecule has 0 saturated carbocycles. The van der Waals surface area contributed by atoms with Gasteiger partial charge in [0, 0.05) is 6.54 Å². The summed E-state index contributed by atoms with van der Waals surface area (Å²) in [5.41, 5.74) is 3.20. The first-order valence-corrected chi connectivity index (χ1v) is 11.8. The Balaban J connectivity index is 1.84. The SMILES string of the molecule is COc1ccc(CNC(=O)CN(c2ccc(C)c(C)c2)S(=O)(=O)c2ccccc2)cc1OC. The lowest BCUT2D eigenvalue weighted by Gasteiger charge is -2.25. The van der Waals surface area contributed by atoms with Crippen LogP contribution in [0.3, 0.4) is 0 Å². The molecule has 0 aliphatic carbocycles. The van der Waals surface area contributed by atoms with Crippen molar-refractivity contribution in [3.8, 4) is 11.5 Å². The number of benzene rings is 3. The number of ether oxygens (including phenoxy) is 2. The van der Waals surface area contributed by atoms with Gasteiger partial charge in [-0.05, 0) is 66.9 Å². The van der Waals surface area contributed by atoms with Crippen LogP contribution in [0.5, 0.6) is 11.5 Å². The second-order valence-electron chi connectivity index (χ2n) is 7.56. The van der Waals surface area contributed by atoms with Gasteiger partial charge in [-0.2, -0.15) is 0 Å². The van der Waals surface area contributed by atoms with E-state index in [1.54, 1.807) is 49.6 Å². The summed E-state index contributed by atoms with van der Waals surface area (Å²) in [6.45, 7) is 3.71. The van der Waals surface area contributed by atoms with Crippen LogP contribution in [-0.4, -0.2) is 35.1 Å². The van der Waals surface area contributed by atoms with Crippen molar-refractivity contribution in [1.82, 2.24) is 5.32 Å². The van der Waals surface area contributed by atoms with Gasteiger partial charge in [-0.1, -0.05) is 30.3 Å². The minimum atomic E-state index is -3.95. The van der Waals surface area contributed by atoms with E-state index < -0.39 is 15.9 Å².